The summed E-state index contributed by atoms with van der Waals surface area (Å²) in [7, 11) is -0.00407. The van der Waals surface area contributed by atoms with E-state index in [0.29, 0.717) is 41.6 Å². The van der Waals surface area contributed by atoms with E-state index in [2.05, 4.69) is 96.2 Å². The Bertz CT molecular complexity index is 2350. The molecule has 0 bridgehead atoms. The van der Waals surface area contributed by atoms with Crippen LogP contribution in [0.4, 0.5) is 23.7 Å². The number of nitrogens with one attached hydrogen (secondary N) is 3. The number of carbonyl (C=O) groups is 3. The smallest absolute Gasteiger partial charge is 0.416 e. The Morgan fingerprint density at radius 2 is 1.40 bits per heavy atom. The van der Waals surface area contributed by atoms with Gasteiger partial charge in [-0.3, -0.25) is 9.59 Å². The van der Waals surface area contributed by atoms with Crippen LogP contribution in [0.5, 0.6) is 0 Å². The van der Waals surface area contributed by atoms with Gasteiger partial charge in [0.05, 0.1) is 18.7 Å². The summed E-state index contributed by atoms with van der Waals surface area (Å²) in [6, 6.07) is 37.0. The molecular formula is C56H70F3N3O4Si. The Morgan fingerprint density at radius 3 is 2.06 bits per heavy atom. The molecule has 2 atom stereocenters. The fourth-order valence-electron chi connectivity index (χ4n) is 8.77. The van der Waals surface area contributed by atoms with Gasteiger partial charge in [-0.05, 0) is 108 Å². The fraction of sp³-hybridized carbons (Fsp3) is 0.411. The van der Waals surface area contributed by atoms with Crippen LogP contribution in [-0.2, 0) is 35.0 Å². The minimum absolute atomic E-state index is 0.0268. The summed E-state index contributed by atoms with van der Waals surface area (Å²) in [6.07, 6.45) is 8.87. The van der Waals surface area contributed by atoms with Gasteiger partial charge < -0.3 is 20.7 Å². The van der Waals surface area contributed by atoms with Crippen molar-refractivity contribution >= 4 is 31.7 Å². The second-order valence-electron chi connectivity index (χ2n) is 18.9. The third-order valence-electron chi connectivity index (χ3n) is 12.8. The molecule has 1 aliphatic carbocycles. The van der Waals surface area contributed by atoms with E-state index in [4.69, 9.17) is 0 Å². The van der Waals surface area contributed by atoms with Crippen molar-refractivity contribution in [3.05, 3.63) is 160 Å². The van der Waals surface area contributed by atoms with Crippen LogP contribution in [-0.4, -0.2) is 39.1 Å². The van der Waals surface area contributed by atoms with E-state index < -0.39 is 25.9 Å². The van der Waals surface area contributed by atoms with Crippen LogP contribution in [0.2, 0.25) is 25.2 Å². The van der Waals surface area contributed by atoms with Gasteiger partial charge in [-0.2, -0.15) is 13.2 Å². The molecule has 67 heavy (non-hydrogen) atoms. The maximum atomic E-state index is 13.2. The fourth-order valence-corrected chi connectivity index (χ4v) is 11.1. The molecule has 0 heterocycles. The molecule has 0 saturated heterocycles. The summed E-state index contributed by atoms with van der Waals surface area (Å²) in [5.74, 6) is -0.159. The molecule has 3 amide bonds. The molecule has 358 valence electrons. The van der Waals surface area contributed by atoms with E-state index in [1.54, 1.807) is 18.2 Å². The lowest BCUT2D eigenvalue weighted by Gasteiger charge is -2.24. The molecule has 0 radical (unpaired) electrons. The van der Waals surface area contributed by atoms with E-state index in [0.717, 1.165) is 41.3 Å². The summed E-state index contributed by atoms with van der Waals surface area (Å²) in [5.41, 5.74) is 7.93. The number of anilines is 1. The Balaban J connectivity index is 0.000000251. The molecule has 0 spiro atoms. The number of unbranched alkanes of at least 4 members (excludes halogenated alkanes) is 7. The first kappa shape index (κ1) is 52.3. The zero-order valence-corrected chi connectivity index (χ0v) is 41.3. The summed E-state index contributed by atoms with van der Waals surface area (Å²) in [4.78, 5) is 37.6. The average Bonchev–Trinajstić information content (AvgIpc) is 3.71. The highest BCUT2D eigenvalue weighted by atomic mass is 28.3. The number of halogens is 3. The number of carbonyl (C=O) groups excluding carboxylic acids is 3. The zero-order chi connectivity index (χ0) is 48.4. The molecular weight excluding hydrogens is 864 g/mol. The number of benzene rings is 5. The highest BCUT2D eigenvalue weighted by Gasteiger charge is 2.30. The minimum Gasteiger partial charge on any atom is -0.453 e. The second-order valence-corrected chi connectivity index (χ2v) is 24.2. The SMILES string of the molecule is CCCCCCCCCC[Si](C)(C)CCC(=O)NC(Cc1ccc(C)cc1)c1ccccc1.COC(=O)N[C@@H]1Cc2ccc(NC(=O)c3cccc(C)c3-c3ccc(C(F)(F)F)cc3)cc2C1. The molecule has 0 aromatic heterocycles. The lowest BCUT2D eigenvalue weighted by molar-refractivity contribution is -0.137. The number of aryl methyl sites for hydroxylation is 2. The van der Waals surface area contributed by atoms with Crippen molar-refractivity contribution in [3.63, 3.8) is 0 Å². The third-order valence-corrected chi connectivity index (χ3v) is 16.1. The van der Waals surface area contributed by atoms with Gasteiger partial charge in [-0.1, -0.05) is 168 Å². The van der Waals surface area contributed by atoms with E-state index >= 15 is 0 Å². The van der Waals surface area contributed by atoms with Gasteiger partial charge in [0.25, 0.3) is 5.91 Å². The first-order valence-electron chi connectivity index (χ1n) is 24.0. The summed E-state index contributed by atoms with van der Waals surface area (Å²) < 4.78 is 43.5. The molecule has 0 fully saturated rings. The quantitative estimate of drug-likeness (QED) is 0.0535. The van der Waals surface area contributed by atoms with Crippen molar-refractivity contribution in [2.45, 2.75) is 141 Å². The molecule has 11 heteroatoms. The maximum absolute atomic E-state index is 13.2. The first-order valence-corrected chi connectivity index (χ1v) is 27.4. The predicted octanol–water partition coefficient (Wildman–Crippen LogP) is 14.4. The van der Waals surface area contributed by atoms with Gasteiger partial charge in [0.1, 0.15) is 0 Å². The van der Waals surface area contributed by atoms with E-state index in [1.807, 2.05) is 31.2 Å². The normalized spacial score (nSPS) is 13.7. The van der Waals surface area contributed by atoms with Crippen molar-refractivity contribution < 1.29 is 32.3 Å². The Morgan fingerprint density at radius 1 is 0.746 bits per heavy atom. The minimum atomic E-state index is -4.43. The Kier molecular flexibility index (Phi) is 19.9. The zero-order valence-electron chi connectivity index (χ0n) is 40.3. The van der Waals surface area contributed by atoms with Crippen LogP contribution < -0.4 is 16.0 Å². The van der Waals surface area contributed by atoms with Gasteiger partial charge in [0.15, 0.2) is 0 Å². The van der Waals surface area contributed by atoms with Gasteiger partial charge in [-0.25, -0.2) is 4.79 Å². The molecule has 1 aliphatic rings. The standard InChI is InChI=1S/C30H47NOSi.C26H23F3N2O3/c1-5-6-7-8-9-10-11-15-23-33(3,4)24-22-30(32)31-29(28-16-13-12-14-17-28)25-27-20-18-26(2)19-21-27;1-15-4-3-5-22(23(15)16-6-9-19(10-7-16)26(27,28)29)24(32)30-20-11-8-17-12-21(14-18(17)13-20)31-25(33)34-2/h12-14,16-21,29H,5-11,15,22-25H2,1-4H3,(H,31,32);3-11,13,21H,12,14H2,1-2H3,(H,30,32)(H,31,33)/t;21-/m.1/s1. The van der Waals surface area contributed by atoms with Crippen LogP contribution in [0.1, 0.15) is 120 Å². The highest BCUT2D eigenvalue weighted by Crippen LogP contribution is 2.34. The van der Waals surface area contributed by atoms with Gasteiger partial charge in [0, 0.05) is 31.8 Å². The summed E-state index contributed by atoms with van der Waals surface area (Å²) in [5, 5.41) is 9.04. The lowest BCUT2D eigenvalue weighted by atomic mass is 9.93. The number of alkyl carbamates (subject to hydrolysis) is 1. The Labute approximate surface area is 397 Å². The highest BCUT2D eigenvalue weighted by molar-refractivity contribution is 6.77. The molecule has 6 rings (SSSR count). The van der Waals surface area contributed by atoms with Crippen molar-refractivity contribution in [2.24, 2.45) is 0 Å². The molecule has 7 nitrogen and oxygen atoms in total. The van der Waals surface area contributed by atoms with Crippen LogP contribution in [0, 0.1) is 13.8 Å². The maximum Gasteiger partial charge on any atom is 0.416 e. The lowest BCUT2D eigenvalue weighted by Crippen LogP contribution is -2.35. The molecule has 1 unspecified atom stereocenters. The predicted molar refractivity (Wildman–Crippen MR) is 269 cm³/mol. The molecule has 0 aliphatic heterocycles. The van der Waals surface area contributed by atoms with E-state index in [1.165, 1.54) is 93.3 Å². The largest absolute Gasteiger partial charge is 0.453 e. The Hall–Kier alpha value is -5.68. The number of ether oxygens (including phenoxy) is 1. The summed E-state index contributed by atoms with van der Waals surface area (Å²) in [6.45, 7) is 11.1. The monoisotopic (exact) mass is 934 g/mol. The number of fused-ring (bicyclic) bond motifs is 1. The van der Waals surface area contributed by atoms with Gasteiger partial charge in [0.2, 0.25) is 5.91 Å². The molecule has 0 saturated carbocycles. The topological polar surface area (TPSA) is 96.5 Å². The number of hydrogen-bond acceptors (Lipinski definition) is 4. The number of hydrogen-bond donors (Lipinski definition) is 3. The number of methoxy groups -OCH3 is 1. The third kappa shape index (κ3) is 16.9. The van der Waals surface area contributed by atoms with Gasteiger partial charge >= 0.3 is 12.3 Å². The number of rotatable bonds is 20. The number of amides is 3. The van der Waals surface area contributed by atoms with E-state index in [9.17, 15) is 27.6 Å². The van der Waals surface area contributed by atoms with Crippen LogP contribution in [0.15, 0.2) is 115 Å². The van der Waals surface area contributed by atoms with Crippen molar-refractivity contribution in [2.75, 3.05) is 12.4 Å². The molecule has 3 N–H and O–H groups in total. The van der Waals surface area contributed by atoms with Crippen molar-refractivity contribution in [1.82, 2.24) is 10.6 Å². The molecule has 5 aromatic rings. The summed E-state index contributed by atoms with van der Waals surface area (Å²) >= 11 is 0. The van der Waals surface area contributed by atoms with Crippen LogP contribution in [0.3, 0.4) is 0 Å². The average molecular weight is 934 g/mol. The molecule has 5 aromatic carbocycles. The number of alkyl halides is 3. The van der Waals surface area contributed by atoms with Crippen molar-refractivity contribution in [3.8, 4) is 11.1 Å². The van der Waals surface area contributed by atoms with E-state index in [-0.39, 0.29) is 23.9 Å². The van der Waals surface area contributed by atoms with Crippen LogP contribution >= 0.6 is 0 Å². The first-order chi connectivity index (χ1) is 32.0. The van der Waals surface area contributed by atoms with Crippen molar-refractivity contribution in [1.29, 1.82) is 0 Å². The second kappa shape index (κ2) is 25.5. The van der Waals surface area contributed by atoms with Crippen LogP contribution in [0.25, 0.3) is 11.1 Å². The van der Waals surface area contributed by atoms with Gasteiger partial charge in [-0.15, -0.1) is 0 Å².